The summed E-state index contributed by atoms with van der Waals surface area (Å²) >= 11 is 1.41. The van der Waals surface area contributed by atoms with Crippen molar-refractivity contribution in [2.45, 2.75) is 30.6 Å². The van der Waals surface area contributed by atoms with E-state index >= 15 is 0 Å². The van der Waals surface area contributed by atoms with Crippen LogP contribution in [0.2, 0.25) is 0 Å². The summed E-state index contributed by atoms with van der Waals surface area (Å²) in [4.78, 5) is 24.5. The Kier molecular flexibility index (Phi) is 6.52. The second kappa shape index (κ2) is 9.09. The quantitative estimate of drug-likeness (QED) is 0.681. The van der Waals surface area contributed by atoms with Crippen LogP contribution in [0.15, 0.2) is 35.6 Å². The van der Waals surface area contributed by atoms with Gasteiger partial charge in [0.25, 0.3) is 5.91 Å². The number of hydrogen-bond acceptors (Lipinski definition) is 7. The Bertz CT molecular complexity index is 1010. The topological polar surface area (TPSA) is 102 Å². The molecule has 2 atom stereocenters. The minimum Gasteiger partial charge on any atom is -0.445 e. The highest BCUT2D eigenvalue weighted by molar-refractivity contribution is 8.14. The number of carbonyl (C=O) groups is 1. The highest BCUT2D eigenvalue weighted by atomic mass is 32.2. The second-order valence-electron chi connectivity index (χ2n) is 6.45. The van der Waals surface area contributed by atoms with E-state index < -0.39 is 24.1 Å². The predicted octanol–water partition coefficient (Wildman–Crippen LogP) is 3.23. The average Bonchev–Trinajstić information content (AvgIpc) is 2.75. The lowest BCUT2D eigenvalue weighted by molar-refractivity contribution is 0.102. The lowest BCUT2D eigenvalue weighted by Crippen LogP contribution is -2.35. The Morgan fingerprint density at radius 2 is 2.27 bits per heavy atom. The van der Waals surface area contributed by atoms with Crippen molar-refractivity contribution in [3.05, 3.63) is 47.7 Å². The Morgan fingerprint density at radius 3 is 2.90 bits per heavy atom. The molecule has 2 heterocycles. The predicted molar refractivity (Wildman–Crippen MR) is 111 cm³/mol. The standard InChI is InChI=1S/C20H19F2N5O2S/c1-3-13-8-20(4-2,27-19(23)30-13)14-7-12(5-6-15(14)22)26-18(28)16-9-25-17(10-24-16)29-11-21/h2,5-7,9-10,13H,3,8,11H2,1H3,(H2,23,27)(H,26,28). The zero-order chi connectivity index (χ0) is 21.7. The first-order valence-corrected chi connectivity index (χ1v) is 9.90. The SMILES string of the molecule is C#CC1(c2cc(NC(=O)c3cnc(OCF)cn3)ccc2F)CC(CC)SC(N)=N1. The molecular weight excluding hydrogens is 412 g/mol. The van der Waals surface area contributed by atoms with Crippen LogP contribution in [0.5, 0.6) is 5.88 Å². The fraction of sp³-hybridized carbons (Fsp3) is 0.300. The molecule has 0 spiro atoms. The van der Waals surface area contributed by atoms with Gasteiger partial charge in [-0.25, -0.2) is 23.7 Å². The minimum absolute atomic E-state index is 0.0267. The maximum atomic E-state index is 14.7. The highest BCUT2D eigenvalue weighted by Crippen LogP contribution is 2.41. The van der Waals surface area contributed by atoms with E-state index in [4.69, 9.17) is 12.2 Å². The number of hydrogen-bond donors (Lipinski definition) is 2. The van der Waals surface area contributed by atoms with Gasteiger partial charge in [0, 0.05) is 22.9 Å². The maximum absolute atomic E-state index is 14.7. The van der Waals surface area contributed by atoms with Gasteiger partial charge in [0.15, 0.2) is 10.7 Å². The zero-order valence-electron chi connectivity index (χ0n) is 16.1. The Morgan fingerprint density at radius 1 is 1.47 bits per heavy atom. The van der Waals surface area contributed by atoms with Crippen molar-refractivity contribution in [1.29, 1.82) is 0 Å². The Hall–Kier alpha value is -3.19. The molecule has 1 aromatic heterocycles. The van der Waals surface area contributed by atoms with E-state index in [1.54, 1.807) is 0 Å². The molecule has 1 aromatic carbocycles. The van der Waals surface area contributed by atoms with Gasteiger partial charge in [0.2, 0.25) is 12.7 Å². The van der Waals surface area contributed by atoms with E-state index in [1.807, 2.05) is 6.92 Å². The van der Waals surface area contributed by atoms with Gasteiger partial charge in [-0.2, -0.15) is 0 Å². The third-order valence-electron chi connectivity index (χ3n) is 4.54. The van der Waals surface area contributed by atoms with Crippen molar-refractivity contribution in [3.63, 3.8) is 0 Å². The molecule has 1 amide bonds. The van der Waals surface area contributed by atoms with E-state index in [1.165, 1.54) is 30.0 Å². The number of nitrogens with two attached hydrogens (primary N) is 1. The summed E-state index contributed by atoms with van der Waals surface area (Å²) in [5, 5.41) is 3.01. The number of thioether (sulfide) groups is 1. The van der Waals surface area contributed by atoms with Crippen molar-refractivity contribution in [1.82, 2.24) is 9.97 Å². The number of halogens is 2. The van der Waals surface area contributed by atoms with Crippen LogP contribution < -0.4 is 15.8 Å². The number of alkyl halides is 1. The molecule has 0 saturated carbocycles. The van der Waals surface area contributed by atoms with Crippen molar-refractivity contribution < 1.29 is 18.3 Å². The third kappa shape index (κ3) is 4.52. The van der Waals surface area contributed by atoms with Crippen molar-refractivity contribution >= 4 is 28.5 Å². The lowest BCUT2D eigenvalue weighted by atomic mass is 9.85. The van der Waals surface area contributed by atoms with Crippen LogP contribution >= 0.6 is 11.8 Å². The third-order valence-corrected chi connectivity index (χ3v) is 5.70. The number of amides is 1. The largest absolute Gasteiger partial charge is 0.445 e. The number of aromatic nitrogens is 2. The molecular formula is C20H19F2N5O2S. The fourth-order valence-electron chi connectivity index (χ4n) is 3.05. The molecule has 1 aliphatic rings. The summed E-state index contributed by atoms with van der Waals surface area (Å²) < 4.78 is 31.4. The monoisotopic (exact) mass is 431 g/mol. The first kappa shape index (κ1) is 21.5. The number of terminal acetylenes is 1. The molecule has 0 aliphatic carbocycles. The van der Waals surface area contributed by atoms with Gasteiger partial charge in [-0.05, 0) is 24.6 Å². The minimum atomic E-state index is -1.26. The summed E-state index contributed by atoms with van der Waals surface area (Å²) in [5.74, 6) is 1.42. The summed E-state index contributed by atoms with van der Waals surface area (Å²) in [7, 11) is 0. The van der Waals surface area contributed by atoms with Crippen molar-refractivity contribution in [2.75, 3.05) is 12.2 Å². The second-order valence-corrected chi connectivity index (χ2v) is 7.77. The normalized spacial score (nSPS) is 20.7. The summed E-state index contributed by atoms with van der Waals surface area (Å²) in [6.07, 6.45) is 9.25. The number of ether oxygens (including phenoxy) is 1. The van der Waals surface area contributed by atoms with Gasteiger partial charge in [-0.1, -0.05) is 24.6 Å². The van der Waals surface area contributed by atoms with Crippen LogP contribution in [0.4, 0.5) is 14.5 Å². The molecule has 2 unspecified atom stereocenters. The smallest absolute Gasteiger partial charge is 0.275 e. The van der Waals surface area contributed by atoms with E-state index in [2.05, 4.69) is 30.9 Å². The number of nitrogens with zero attached hydrogens (tertiary/aromatic N) is 3. The molecule has 3 N–H and O–H groups in total. The summed E-state index contributed by atoms with van der Waals surface area (Å²) in [6, 6.07) is 4.06. The Balaban J connectivity index is 1.89. The number of benzene rings is 1. The number of rotatable bonds is 6. The van der Waals surface area contributed by atoms with Crippen LogP contribution in [0.1, 0.15) is 35.8 Å². The molecule has 0 radical (unpaired) electrons. The van der Waals surface area contributed by atoms with Gasteiger partial charge in [0.1, 0.15) is 11.5 Å². The van der Waals surface area contributed by atoms with E-state index in [0.29, 0.717) is 17.3 Å². The molecule has 1 aliphatic heterocycles. The van der Waals surface area contributed by atoms with Crippen LogP contribution in [0, 0.1) is 18.2 Å². The molecule has 0 bridgehead atoms. The van der Waals surface area contributed by atoms with E-state index in [-0.39, 0.29) is 22.4 Å². The van der Waals surface area contributed by atoms with Crippen LogP contribution in [0.3, 0.4) is 0 Å². The maximum Gasteiger partial charge on any atom is 0.275 e. The van der Waals surface area contributed by atoms with Gasteiger partial charge in [-0.3, -0.25) is 4.79 Å². The van der Waals surface area contributed by atoms with Crippen LogP contribution in [0.25, 0.3) is 0 Å². The first-order valence-electron chi connectivity index (χ1n) is 9.02. The Labute approximate surface area is 176 Å². The van der Waals surface area contributed by atoms with Crippen molar-refractivity contribution in [3.8, 4) is 18.2 Å². The number of anilines is 1. The summed E-state index contributed by atoms with van der Waals surface area (Å²) in [5.41, 5.74) is 5.12. The van der Waals surface area contributed by atoms with Crippen molar-refractivity contribution in [2.24, 2.45) is 10.7 Å². The zero-order valence-corrected chi connectivity index (χ0v) is 16.9. The molecule has 156 valence electrons. The van der Waals surface area contributed by atoms with Crippen LogP contribution in [-0.2, 0) is 5.54 Å². The molecule has 2 aromatic rings. The van der Waals surface area contributed by atoms with E-state index in [9.17, 15) is 13.6 Å². The molecule has 3 rings (SSSR count). The highest BCUT2D eigenvalue weighted by Gasteiger charge is 2.39. The number of aliphatic imine (C=N–C) groups is 1. The number of nitrogens with one attached hydrogen (secondary N) is 1. The molecule has 10 heteroatoms. The fourth-order valence-corrected chi connectivity index (χ4v) is 4.09. The molecule has 7 nitrogen and oxygen atoms in total. The van der Waals surface area contributed by atoms with E-state index in [0.717, 1.165) is 18.8 Å². The van der Waals surface area contributed by atoms with Gasteiger partial charge in [0.05, 0.1) is 12.4 Å². The summed E-state index contributed by atoms with van der Waals surface area (Å²) in [6.45, 7) is 0.940. The molecule has 0 saturated heterocycles. The lowest BCUT2D eigenvalue weighted by Gasteiger charge is -2.33. The molecule has 30 heavy (non-hydrogen) atoms. The van der Waals surface area contributed by atoms with Crippen LogP contribution in [-0.4, -0.2) is 33.2 Å². The number of carbonyl (C=O) groups excluding carboxylic acids is 1. The number of amidine groups is 1. The van der Waals surface area contributed by atoms with Gasteiger partial charge >= 0.3 is 0 Å². The van der Waals surface area contributed by atoms with Gasteiger partial charge < -0.3 is 15.8 Å². The molecule has 0 fully saturated rings. The first-order chi connectivity index (χ1) is 14.4. The average molecular weight is 431 g/mol. The van der Waals surface area contributed by atoms with Gasteiger partial charge in [-0.15, -0.1) is 6.42 Å².